The SMILES string of the molecule is Oc1ccc(CC2=NC3=C(CC4CCCC4)NC(c4ccc(O)cc4)=CN3C2)cc1. The van der Waals surface area contributed by atoms with Gasteiger partial charge in [0.1, 0.15) is 11.5 Å². The number of allylic oxidation sites excluding steroid dienone is 1. The van der Waals surface area contributed by atoms with Gasteiger partial charge in [-0.1, -0.05) is 37.8 Å². The molecule has 0 atom stereocenters. The van der Waals surface area contributed by atoms with Crippen LogP contribution in [0.3, 0.4) is 0 Å². The highest BCUT2D eigenvalue weighted by Gasteiger charge is 2.29. The lowest BCUT2D eigenvalue weighted by atomic mass is 10.00. The van der Waals surface area contributed by atoms with Crippen LogP contribution in [0.5, 0.6) is 11.5 Å². The van der Waals surface area contributed by atoms with Crippen molar-refractivity contribution in [3.05, 3.63) is 77.4 Å². The summed E-state index contributed by atoms with van der Waals surface area (Å²) >= 11 is 0. The van der Waals surface area contributed by atoms with Crippen molar-refractivity contribution in [3.63, 3.8) is 0 Å². The second kappa shape index (κ2) is 7.90. The van der Waals surface area contributed by atoms with E-state index in [0.29, 0.717) is 0 Å². The number of aliphatic imine (C=N–C) groups is 1. The van der Waals surface area contributed by atoms with Gasteiger partial charge in [-0.3, -0.25) is 0 Å². The normalized spacial score (nSPS) is 18.9. The van der Waals surface area contributed by atoms with Gasteiger partial charge in [-0.2, -0.15) is 0 Å². The maximum Gasteiger partial charge on any atom is 0.152 e. The van der Waals surface area contributed by atoms with Crippen LogP contribution in [0.15, 0.2) is 71.2 Å². The molecule has 1 saturated carbocycles. The van der Waals surface area contributed by atoms with Gasteiger partial charge in [0, 0.05) is 18.3 Å². The van der Waals surface area contributed by atoms with Crippen molar-refractivity contribution < 1.29 is 10.2 Å². The predicted molar refractivity (Wildman–Crippen MR) is 119 cm³/mol. The van der Waals surface area contributed by atoms with Crippen molar-refractivity contribution in [1.29, 1.82) is 0 Å². The summed E-state index contributed by atoms with van der Waals surface area (Å²) in [5.74, 6) is 2.32. The minimum absolute atomic E-state index is 0.276. The summed E-state index contributed by atoms with van der Waals surface area (Å²) in [6.07, 6.45) is 9.17. The van der Waals surface area contributed by atoms with Crippen LogP contribution in [0, 0.1) is 5.92 Å². The standard InChI is InChI=1S/C25H27N3O2/c29-21-9-5-18(6-10-21)13-20-15-28-16-24(19-7-11-22(30)12-8-19)27-23(25(28)26-20)14-17-3-1-2-4-17/h5-12,16-17,27,29-30H,1-4,13-15H2. The van der Waals surface area contributed by atoms with Crippen LogP contribution in [0.1, 0.15) is 43.2 Å². The summed E-state index contributed by atoms with van der Waals surface area (Å²) in [4.78, 5) is 7.25. The number of aromatic hydroxyl groups is 2. The van der Waals surface area contributed by atoms with Gasteiger partial charge in [-0.25, -0.2) is 4.99 Å². The van der Waals surface area contributed by atoms with Crippen molar-refractivity contribution in [2.45, 2.75) is 38.5 Å². The molecule has 5 nitrogen and oxygen atoms in total. The van der Waals surface area contributed by atoms with Crippen molar-refractivity contribution in [2.75, 3.05) is 6.54 Å². The Kier molecular flexibility index (Phi) is 4.95. The van der Waals surface area contributed by atoms with E-state index in [4.69, 9.17) is 4.99 Å². The molecule has 0 amide bonds. The molecule has 0 unspecified atom stereocenters. The molecule has 154 valence electrons. The van der Waals surface area contributed by atoms with E-state index in [1.807, 2.05) is 24.3 Å². The molecule has 0 spiro atoms. The molecule has 1 aliphatic carbocycles. The largest absolute Gasteiger partial charge is 0.508 e. The maximum atomic E-state index is 9.65. The first-order valence-corrected chi connectivity index (χ1v) is 10.8. The lowest BCUT2D eigenvalue weighted by Gasteiger charge is -2.28. The molecule has 5 heteroatoms. The minimum Gasteiger partial charge on any atom is -0.508 e. The van der Waals surface area contributed by atoms with Crippen molar-refractivity contribution in [1.82, 2.24) is 10.2 Å². The third-order valence-corrected chi connectivity index (χ3v) is 6.22. The maximum absolute atomic E-state index is 9.65. The van der Waals surface area contributed by atoms with Crippen LogP contribution < -0.4 is 5.32 Å². The summed E-state index contributed by atoms with van der Waals surface area (Å²) < 4.78 is 0. The summed E-state index contributed by atoms with van der Waals surface area (Å²) in [6.45, 7) is 0.771. The molecule has 5 rings (SSSR count). The molecule has 2 aliphatic heterocycles. The molecular weight excluding hydrogens is 374 g/mol. The topological polar surface area (TPSA) is 68.1 Å². The summed E-state index contributed by atoms with van der Waals surface area (Å²) in [6, 6.07) is 14.7. The minimum atomic E-state index is 0.276. The average Bonchev–Trinajstić information content (AvgIpc) is 3.40. The number of hydrogen-bond donors (Lipinski definition) is 3. The number of phenols is 2. The Hall–Kier alpha value is -3.21. The van der Waals surface area contributed by atoms with E-state index in [-0.39, 0.29) is 11.5 Å². The molecule has 0 saturated heterocycles. The molecular formula is C25H27N3O2. The number of nitrogens with zero attached hydrogens (tertiary/aromatic N) is 2. The number of rotatable bonds is 5. The second-order valence-electron chi connectivity index (χ2n) is 8.52. The number of fused-ring (bicyclic) bond motifs is 1. The first-order chi connectivity index (χ1) is 14.6. The molecule has 0 radical (unpaired) electrons. The molecule has 0 aromatic heterocycles. The molecule has 30 heavy (non-hydrogen) atoms. The average molecular weight is 402 g/mol. The van der Waals surface area contributed by atoms with Gasteiger partial charge in [-0.05, 0) is 59.9 Å². The van der Waals surface area contributed by atoms with E-state index in [0.717, 1.165) is 53.7 Å². The first kappa shape index (κ1) is 18.8. The Morgan fingerprint density at radius 2 is 1.60 bits per heavy atom. The van der Waals surface area contributed by atoms with Crippen LogP contribution in [0.2, 0.25) is 0 Å². The fourth-order valence-corrected chi connectivity index (χ4v) is 4.65. The molecule has 2 aromatic rings. The van der Waals surface area contributed by atoms with Gasteiger partial charge in [0.15, 0.2) is 5.82 Å². The van der Waals surface area contributed by atoms with Crippen LogP contribution in [0.4, 0.5) is 0 Å². The number of benzene rings is 2. The predicted octanol–water partition coefficient (Wildman–Crippen LogP) is 4.75. The van der Waals surface area contributed by atoms with Crippen molar-refractivity contribution in [2.24, 2.45) is 10.9 Å². The Balaban J connectivity index is 1.42. The molecule has 2 aromatic carbocycles. The van der Waals surface area contributed by atoms with Gasteiger partial charge >= 0.3 is 0 Å². The molecule has 1 fully saturated rings. The van der Waals surface area contributed by atoms with E-state index in [1.54, 1.807) is 24.3 Å². The van der Waals surface area contributed by atoms with Crippen LogP contribution in [-0.4, -0.2) is 27.4 Å². The molecule has 0 bridgehead atoms. The van der Waals surface area contributed by atoms with Gasteiger partial charge < -0.3 is 20.4 Å². The van der Waals surface area contributed by atoms with Gasteiger partial charge in [-0.15, -0.1) is 0 Å². The fraction of sp³-hybridized carbons (Fsp3) is 0.320. The van der Waals surface area contributed by atoms with Crippen LogP contribution >= 0.6 is 0 Å². The Labute approximate surface area is 177 Å². The van der Waals surface area contributed by atoms with Crippen LogP contribution in [0.25, 0.3) is 5.70 Å². The summed E-state index contributed by atoms with van der Waals surface area (Å²) in [5, 5.41) is 22.8. The highest BCUT2D eigenvalue weighted by molar-refractivity contribution is 5.92. The third kappa shape index (κ3) is 3.92. The first-order valence-electron chi connectivity index (χ1n) is 10.8. The van der Waals surface area contributed by atoms with Crippen LogP contribution in [-0.2, 0) is 6.42 Å². The summed E-state index contributed by atoms with van der Waals surface area (Å²) in [7, 11) is 0. The van der Waals surface area contributed by atoms with Crippen molar-refractivity contribution in [3.8, 4) is 11.5 Å². The third-order valence-electron chi connectivity index (χ3n) is 6.22. The monoisotopic (exact) mass is 401 g/mol. The Morgan fingerprint density at radius 1 is 0.933 bits per heavy atom. The van der Waals surface area contributed by atoms with Gasteiger partial charge in [0.25, 0.3) is 0 Å². The second-order valence-corrected chi connectivity index (χ2v) is 8.52. The van der Waals surface area contributed by atoms with E-state index >= 15 is 0 Å². The Bertz CT molecular complexity index is 1010. The molecule has 3 N–H and O–H groups in total. The lowest BCUT2D eigenvalue weighted by molar-refractivity contribution is 0.474. The van der Waals surface area contributed by atoms with E-state index in [1.165, 1.54) is 31.4 Å². The van der Waals surface area contributed by atoms with E-state index in [9.17, 15) is 10.2 Å². The molecule has 2 heterocycles. The van der Waals surface area contributed by atoms with Gasteiger partial charge in [0.2, 0.25) is 0 Å². The zero-order valence-corrected chi connectivity index (χ0v) is 17.0. The quantitative estimate of drug-likeness (QED) is 0.676. The zero-order valence-electron chi connectivity index (χ0n) is 17.0. The van der Waals surface area contributed by atoms with Crippen molar-refractivity contribution >= 4 is 11.4 Å². The fourth-order valence-electron chi connectivity index (χ4n) is 4.65. The van der Waals surface area contributed by atoms with E-state index in [2.05, 4.69) is 16.4 Å². The smallest absolute Gasteiger partial charge is 0.152 e. The zero-order chi connectivity index (χ0) is 20.5. The van der Waals surface area contributed by atoms with E-state index < -0.39 is 0 Å². The number of nitrogens with one attached hydrogen (secondary N) is 1. The lowest BCUT2D eigenvalue weighted by Crippen LogP contribution is -2.28. The van der Waals surface area contributed by atoms with Gasteiger partial charge in [0.05, 0.1) is 17.9 Å². The highest BCUT2D eigenvalue weighted by Crippen LogP contribution is 2.35. The molecule has 3 aliphatic rings. The number of hydrogen-bond acceptors (Lipinski definition) is 5. The highest BCUT2D eigenvalue weighted by atomic mass is 16.3. The summed E-state index contributed by atoms with van der Waals surface area (Å²) in [5.41, 5.74) is 5.59. The number of phenolic OH excluding ortho intramolecular Hbond substituents is 2. The Morgan fingerprint density at radius 3 is 2.30 bits per heavy atom.